The summed E-state index contributed by atoms with van der Waals surface area (Å²) in [7, 11) is 1.82. The van der Waals surface area contributed by atoms with E-state index in [2.05, 4.69) is 30.9 Å². The highest BCUT2D eigenvalue weighted by Crippen LogP contribution is 2.35. The van der Waals surface area contributed by atoms with Crippen LogP contribution in [0.4, 0.5) is 0 Å². The van der Waals surface area contributed by atoms with E-state index in [1.807, 2.05) is 25.2 Å². The molecule has 1 heterocycles. The topological polar surface area (TPSA) is 85.2 Å². The summed E-state index contributed by atoms with van der Waals surface area (Å²) in [4.78, 5) is 19.0. The van der Waals surface area contributed by atoms with E-state index < -0.39 is 5.54 Å². The van der Waals surface area contributed by atoms with Crippen LogP contribution in [0.5, 0.6) is 0 Å². The molecule has 0 unspecified atom stereocenters. The van der Waals surface area contributed by atoms with Gasteiger partial charge in [-0.05, 0) is 36.5 Å². The van der Waals surface area contributed by atoms with Gasteiger partial charge in [-0.3, -0.25) is 4.79 Å². The molecule has 1 aliphatic carbocycles. The van der Waals surface area contributed by atoms with Crippen molar-refractivity contribution in [3.63, 3.8) is 0 Å². The van der Waals surface area contributed by atoms with Crippen molar-refractivity contribution in [2.45, 2.75) is 52.0 Å². The van der Waals surface area contributed by atoms with Gasteiger partial charge < -0.3 is 15.2 Å². The Kier molecular flexibility index (Phi) is 6.32. The average molecular weight is 393 g/mol. The van der Waals surface area contributed by atoms with Crippen LogP contribution >= 0.6 is 12.4 Å². The Bertz CT molecular complexity index is 791. The van der Waals surface area contributed by atoms with Crippen molar-refractivity contribution >= 4 is 18.3 Å². The standard InChI is InChI=1S/C20H28N4O2.ClH/c1-19(2,3)13-24(4)17(25)15-9-7-8-14(12-15)16-22-18(23-26-16)20(21)10-5-6-11-20;/h7-9,12H,5-6,10-11,13,21H2,1-4H3;1H. The zero-order chi connectivity index (χ0) is 18.9. The lowest BCUT2D eigenvalue weighted by molar-refractivity contribution is 0.0745. The van der Waals surface area contributed by atoms with Crippen LogP contribution in [0.2, 0.25) is 0 Å². The molecule has 148 valence electrons. The third-order valence-corrected chi connectivity index (χ3v) is 4.78. The normalized spacial score (nSPS) is 16.0. The first-order valence-electron chi connectivity index (χ1n) is 9.17. The summed E-state index contributed by atoms with van der Waals surface area (Å²) in [5.74, 6) is 0.948. The largest absolute Gasteiger partial charge is 0.341 e. The molecule has 6 nitrogen and oxygen atoms in total. The van der Waals surface area contributed by atoms with Crippen molar-refractivity contribution in [3.8, 4) is 11.5 Å². The highest BCUT2D eigenvalue weighted by atomic mass is 35.5. The third kappa shape index (κ3) is 4.87. The van der Waals surface area contributed by atoms with E-state index >= 15 is 0 Å². The van der Waals surface area contributed by atoms with Crippen LogP contribution in [0, 0.1) is 5.41 Å². The molecule has 1 saturated carbocycles. The van der Waals surface area contributed by atoms with Gasteiger partial charge in [0.1, 0.15) is 0 Å². The lowest BCUT2D eigenvalue weighted by Gasteiger charge is -2.26. The molecule has 0 bridgehead atoms. The fraction of sp³-hybridized carbons (Fsp3) is 0.550. The van der Waals surface area contributed by atoms with Crippen LogP contribution in [-0.2, 0) is 5.54 Å². The minimum atomic E-state index is -0.484. The molecule has 2 N–H and O–H groups in total. The number of nitrogens with two attached hydrogens (primary N) is 1. The maximum atomic E-state index is 12.7. The van der Waals surface area contributed by atoms with Crippen molar-refractivity contribution in [1.29, 1.82) is 0 Å². The van der Waals surface area contributed by atoms with Crippen LogP contribution in [0.15, 0.2) is 28.8 Å². The number of hydrogen-bond donors (Lipinski definition) is 1. The lowest BCUT2D eigenvalue weighted by Crippen LogP contribution is -2.34. The summed E-state index contributed by atoms with van der Waals surface area (Å²) in [6.45, 7) is 7.01. The van der Waals surface area contributed by atoms with Gasteiger partial charge in [0, 0.05) is 24.7 Å². The molecule has 1 amide bonds. The van der Waals surface area contributed by atoms with Gasteiger partial charge in [0.2, 0.25) is 0 Å². The van der Waals surface area contributed by atoms with Gasteiger partial charge in [-0.2, -0.15) is 4.98 Å². The van der Waals surface area contributed by atoms with E-state index in [0.29, 0.717) is 23.8 Å². The summed E-state index contributed by atoms with van der Waals surface area (Å²) >= 11 is 0. The van der Waals surface area contributed by atoms with E-state index in [1.165, 1.54) is 0 Å². The number of carbonyl (C=O) groups excluding carboxylic acids is 1. The summed E-state index contributed by atoms with van der Waals surface area (Å²) in [5, 5.41) is 4.10. The predicted octanol–water partition coefficient (Wildman–Crippen LogP) is 4.00. The zero-order valence-corrected chi connectivity index (χ0v) is 17.3. The molecule has 2 aromatic rings. The predicted molar refractivity (Wildman–Crippen MR) is 108 cm³/mol. The van der Waals surface area contributed by atoms with E-state index in [0.717, 1.165) is 31.2 Å². The number of nitrogens with zero attached hydrogens (tertiary/aromatic N) is 3. The van der Waals surface area contributed by atoms with Gasteiger partial charge in [-0.15, -0.1) is 12.4 Å². The van der Waals surface area contributed by atoms with Gasteiger partial charge in [0.05, 0.1) is 5.54 Å². The maximum absolute atomic E-state index is 12.7. The smallest absolute Gasteiger partial charge is 0.258 e. The van der Waals surface area contributed by atoms with Gasteiger partial charge in [-0.1, -0.05) is 44.8 Å². The molecule has 0 radical (unpaired) electrons. The molecule has 0 saturated heterocycles. The summed E-state index contributed by atoms with van der Waals surface area (Å²) < 4.78 is 5.44. The molecule has 1 aromatic carbocycles. The zero-order valence-electron chi connectivity index (χ0n) is 16.5. The lowest BCUT2D eigenvalue weighted by atomic mass is 9.96. The third-order valence-electron chi connectivity index (χ3n) is 4.78. The highest BCUT2D eigenvalue weighted by molar-refractivity contribution is 5.95. The molecule has 0 aliphatic heterocycles. The molecular weight excluding hydrogens is 364 g/mol. The Morgan fingerprint density at radius 1 is 1.30 bits per heavy atom. The molecule has 0 atom stereocenters. The Hall–Kier alpha value is -1.92. The summed E-state index contributed by atoms with van der Waals surface area (Å²) in [6, 6.07) is 7.32. The van der Waals surface area contributed by atoms with Gasteiger partial charge in [-0.25, -0.2) is 0 Å². The second-order valence-electron chi connectivity index (χ2n) is 8.59. The second-order valence-corrected chi connectivity index (χ2v) is 8.59. The highest BCUT2D eigenvalue weighted by Gasteiger charge is 2.36. The Morgan fingerprint density at radius 3 is 2.59 bits per heavy atom. The number of benzene rings is 1. The average Bonchev–Trinajstić information content (AvgIpc) is 3.22. The van der Waals surface area contributed by atoms with E-state index in [9.17, 15) is 4.79 Å². The van der Waals surface area contributed by atoms with Gasteiger partial charge >= 0.3 is 0 Å². The fourth-order valence-electron chi connectivity index (χ4n) is 3.56. The Labute approximate surface area is 166 Å². The first-order chi connectivity index (χ1) is 12.2. The maximum Gasteiger partial charge on any atom is 0.258 e. The van der Waals surface area contributed by atoms with Crippen molar-refractivity contribution in [3.05, 3.63) is 35.7 Å². The van der Waals surface area contributed by atoms with Crippen LogP contribution in [0.3, 0.4) is 0 Å². The first-order valence-corrected chi connectivity index (χ1v) is 9.17. The van der Waals surface area contributed by atoms with E-state index in [1.54, 1.807) is 11.0 Å². The van der Waals surface area contributed by atoms with Crippen LogP contribution in [-0.4, -0.2) is 34.5 Å². The van der Waals surface area contributed by atoms with Crippen molar-refractivity contribution in [2.75, 3.05) is 13.6 Å². The van der Waals surface area contributed by atoms with Crippen molar-refractivity contribution in [1.82, 2.24) is 15.0 Å². The van der Waals surface area contributed by atoms with E-state index in [4.69, 9.17) is 10.3 Å². The number of amides is 1. The minimum Gasteiger partial charge on any atom is -0.341 e. The molecular formula is C20H29ClN4O2. The van der Waals surface area contributed by atoms with Gasteiger partial charge in [0.15, 0.2) is 5.82 Å². The monoisotopic (exact) mass is 392 g/mol. The summed E-state index contributed by atoms with van der Waals surface area (Å²) in [6.07, 6.45) is 3.93. The minimum absolute atomic E-state index is 0. The molecule has 1 fully saturated rings. The fourth-order valence-corrected chi connectivity index (χ4v) is 3.56. The van der Waals surface area contributed by atoms with Crippen molar-refractivity contribution < 1.29 is 9.32 Å². The molecule has 1 aliphatic rings. The van der Waals surface area contributed by atoms with Gasteiger partial charge in [0.25, 0.3) is 11.8 Å². The number of halogens is 1. The van der Waals surface area contributed by atoms with Crippen LogP contribution in [0.1, 0.15) is 62.6 Å². The van der Waals surface area contributed by atoms with E-state index in [-0.39, 0.29) is 23.7 Å². The molecule has 3 rings (SSSR count). The molecule has 1 aromatic heterocycles. The summed E-state index contributed by atoms with van der Waals surface area (Å²) in [5.41, 5.74) is 7.31. The number of aromatic nitrogens is 2. The SMILES string of the molecule is CN(CC(C)(C)C)C(=O)c1cccc(-c2nc(C3(N)CCCC3)no2)c1.Cl. The number of hydrogen-bond acceptors (Lipinski definition) is 5. The quantitative estimate of drug-likeness (QED) is 0.849. The molecule has 7 heteroatoms. The molecule has 27 heavy (non-hydrogen) atoms. The first kappa shape index (κ1) is 21.4. The molecule has 0 spiro atoms. The second kappa shape index (κ2) is 7.98. The van der Waals surface area contributed by atoms with Crippen LogP contribution < -0.4 is 5.73 Å². The van der Waals surface area contributed by atoms with Crippen LogP contribution in [0.25, 0.3) is 11.5 Å². The number of rotatable bonds is 4. The van der Waals surface area contributed by atoms with Crippen molar-refractivity contribution in [2.24, 2.45) is 11.1 Å². The number of carbonyl (C=O) groups is 1. The Balaban J connectivity index is 0.00000261. The Morgan fingerprint density at radius 2 is 1.96 bits per heavy atom.